The SMILES string of the molecule is CCN1CCc2nc3ccccc3c(C(=O)OCC(=O)N3CCN(c4ccc(F)cc4)CC3)c2C1. The highest BCUT2D eigenvalue weighted by Crippen LogP contribution is 2.29. The summed E-state index contributed by atoms with van der Waals surface area (Å²) >= 11 is 0. The largest absolute Gasteiger partial charge is 0.452 e. The average molecular weight is 477 g/mol. The number of carbonyl (C=O) groups excluding carboxylic acids is 2. The highest BCUT2D eigenvalue weighted by molar-refractivity contribution is 6.05. The van der Waals surface area contributed by atoms with Crippen LogP contribution in [0.2, 0.25) is 0 Å². The van der Waals surface area contributed by atoms with Crippen LogP contribution >= 0.6 is 0 Å². The lowest BCUT2D eigenvalue weighted by atomic mass is 9.96. The molecule has 0 spiro atoms. The van der Waals surface area contributed by atoms with Crippen LogP contribution in [0.4, 0.5) is 10.1 Å². The molecule has 0 atom stereocenters. The summed E-state index contributed by atoms with van der Waals surface area (Å²) in [6.45, 7) is 6.58. The van der Waals surface area contributed by atoms with Crippen molar-refractivity contribution in [2.75, 3.05) is 50.8 Å². The van der Waals surface area contributed by atoms with E-state index >= 15 is 0 Å². The van der Waals surface area contributed by atoms with Crippen molar-refractivity contribution in [3.63, 3.8) is 0 Å². The number of esters is 1. The van der Waals surface area contributed by atoms with Crippen LogP contribution in [0.3, 0.4) is 0 Å². The normalized spacial score (nSPS) is 16.3. The molecule has 7 nitrogen and oxygen atoms in total. The van der Waals surface area contributed by atoms with Gasteiger partial charge in [0.25, 0.3) is 5.91 Å². The number of carbonyl (C=O) groups is 2. The standard InChI is InChI=1S/C27H29FN4O3/c1-2-30-12-11-24-22(17-30)26(21-5-3-4-6-23(21)29-24)27(34)35-18-25(33)32-15-13-31(14-16-32)20-9-7-19(28)8-10-20/h3-10H,2,11-18H2,1H3. The van der Waals surface area contributed by atoms with E-state index in [1.165, 1.54) is 12.1 Å². The highest BCUT2D eigenvalue weighted by atomic mass is 19.1. The van der Waals surface area contributed by atoms with E-state index in [9.17, 15) is 14.0 Å². The Labute approximate surface area is 204 Å². The van der Waals surface area contributed by atoms with E-state index in [-0.39, 0.29) is 18.3 Å². The molecule has 2 aromatic carbocycles. The number of amides is 1. The minimum absolute atomic E-state index is 0.209. The van der Waals surface area contributed by atoms with Gasteiger partial charge in [-0.25, -0.2) is 9.18 Å². The first kappa shape index (κ1) is 23.2. The molecule has 182 valence electrons. The Hall–Kier alpha value is -3.52. The van der Waals surface area contributed by atoms with Crippen LogP contribution in [0.1, 0.15) is 28.5 Å². The number of hydrogen-bond donors (Lipinski definition) is 0. The molecule has 0 saturated carbocycles. The zero-order chi connectivity index (χ0) is 24.4. The van der Waals surface area contributed by atoms with Crippen LogP contribution in [-0.2, 0) is 22.5 Å². The summed E-state index contributed by atoms with van der Waals surface area (Å²) in [6, 6.07) is 14.0. The highest BCUT2D eigenvalue weighted by Gasteiger charge is 2.28. The molecule has 1 amide bonds. The number of para-hydroxylation sites is 1. The zero-order valence-electron chi connectivity index (χ0n) is 19.9. The second-order valence-electron chi connectivity index (χ2n) is 8.97. The third kappa shape index (κ3) is 4.84. The number of pyridine rings is 1. The minimum atomic E-state index is -0.476. The Balaban J connectivity index is 1.26. The number of nitrogens with zero attached hydrogens (tertiary/aromatic N) is 4. The Morgan fingerprint density at radius 3 is 2.49 bits per heavy atom. The van der Waals surface area contributed by atoms with E-state index in [1.54, 1.807) is 17.0 Å². The number of ether oxygens (including phenoxy) is 1. The smallest absolute Gasteiger partial charge is 0.339 e. The van der Waals surface area contributed by atoms with Gasteiger partial charge in [0.15, 0.2) is 6.61 Å². The molecule has 0 N–H and O–H groups in total. The van der Waals surface area contributed by atoms with Gasteiger partial charge in [0.1, 0.15) is 5.82 Å². The van der Waals surface area contributed by atoms with Gasteiger partial charge in [-0.1, -0.05) is 25.1 Å². The second-order valence-corrected chi connectivity index (χ2v) is 8.97. The van der Waals surface area contributed by atoms with Crippen molar-refractivity contribution in [2.45, 2.75) is 19.9 Å². The molecule has 1 aromatic heterocycles. The van der Waals surface area contributed by atoms with Gasteiger partial charge < -0.3 is 14.5 Å². The summed E-state index contributed by atoms with van der Waals surface area (Å²) in [4.78, 5) is 37.0. The van der Waals surface area contributed by atoms with E-state index in [0.29, 0.717) is 38.3 Å². The summed E-state index contributed by atoms with van der Waals surface area (Å²) in [5.41, 5.74) is 4.07. The lowest BCUT2D eigenvalue weighted by molar-refractivity contribution is -0.134. The number of halogens is 1. The van der Waals surface area contributed by atoms with Crippen LogP contribution in [0, 0.1) is 5.82 Å². The molecule has 2 aliphatic rings. The van der Waals surface area contributed by atoms with Crippen LogP contribution < -0.4 is 4.90 Å². The number of rotatable bonds is 5. The van der Waals surface area contributed by atoms with Crippen molar-refractivity contribution in [3.8, 4) is 0 Å². The monoisotopic (exact) mass is 476 g/mol. The maximum Gasteiger partial charge on any atom is 0.339 e. The average Bonchev–Trinajstić information content (AvgIpc) is 2.90. The fraction of sp³-hybridized carbons (Fsp3) is 0.370. The van der Waals surface area contributed by atoms with E-state index in [4.69, 9.17) is 9.72 Å². The van der Waals surface area contributed by atoms with Crippen LogP contribution in [0.5, 0.6) is 0 Å². The number of benzene rings is 2. The van der Waals surface area contributed by atoms with Crippen LogP contribution in [0.25, 0.3) is 10.9 Å². The van der Waals surface area contributed by atoms with Crippen LogP contribution in [-0.4, -0.2) is 72.5 Å². The molecule has 8 heteroatoms. The molecule has 3 heterocycles. The molecule has 1 fully saturated rings. The molecule has 2 aliphatic heterocycles. The predicted molar refractivity (Wildman–Crippen MR) is 132 cm³/mol. The first-order chi connectivity index (χ1) is 17.0. The number of aromatic nitrogens is 1. The number of hydrogen-bond acceptors (Lipinski definition) is 6. The third-order valence-corrected chi connectivity index (χ3v) is 6.93. The summed E-state index contributed by atoms with van der Waals surface area (Å²) in [5.74, 6) is -0.953. The number of likely N-dealkylation sites (N-methyl/N-ethyl adjacent to an activating group) is 1. The zero-order valence-corrected chi connectivity index (χ0v) is 19.9. The summed E-state index contributed by atoms with van der Waals surface area (Å²) < 4.78 is 18.8. The molecule has 0 unspecified atom stereocenters. The fourth-order valence-corrected chi connectivity index (χ4v) is 4.91. The number of piperazine rings is 1. The molecule has 5 rings (SSSR count). The number of anilines is 1. The van der Waals surface area contributed by atoms with Gasteiger partial charge in [0.05, 0.1) is 11.1 Å². The van der Waals surface area contributed by atoms with E-state index in [1.807, 2.05) is 24.3 Å². The quantitative estimate of drug-likeness (QED) is 0.527. The lowest BCUT2D eigenvalue weighted by Gasteiger charge is -2.36. The van der Waals surface area contributed by atoms with Gasteiger partial charge in [0, 0.05) is 68.0 Å². The fourth-order valence-electron chi connectivity index (χ4n) is 4.91. The summed E-state index contributed by atoms with van der Waals surface area (Å²) in [7, 11) is 0. The second kappa shape index (κ2) is 10.00. The van der Waals surface area contributed by atoms with E-state index in [2.05, 4.69) is 16.7 Å². The molecule has 3 aromatic rings. The Morgan fingerprint density at radius 2 is 1.74 bits per heavy atom. The molecule has 0 radical (unpaired) electrons. The van der Waals surface area contributed by atoms with Gasteiger partial charge in [-0.3, -0.25) is 14.7 Å². The predicted octanol–water partition coefficient (Wildman–Crippen LogP) is 3.26. The third-order valence-electron chi connectivity index (χ3n) is 6.93. The molecule has 1 saturated heterocycles. The van der Waals surface area contributed by atoms with Crippen molar-refractivity contribution in [3.05, 3.63) is 71.2 Å². The topological polar surface area (TPSA) is 66.0 Å². The number of fused-ring (bicyclic) bond motifs is 2. The molecule has 0 bridgehead atoms. The van der Waals surface area contributed by atoms with E-state index < -0.39 is 5.97 Å². The summed E-state index contributed by atoms with van der Waals surface area (Å²) in [6.07, 6.45) is 0.783. The van der Waals surface area contributed by atoms with Gasteiger partial charge in [0.2, 0.25) is 0 Å². The maximum atomic E-state index is 13.3. The first-order valence-electron chi connectivity index (χ1n) is 12.1. The van der Waals surface area contributed by atoms with Crippen molar-refractivity contribution < 1.29 is 18.7 Å². The molecule has 35 heavy (non-hydrogen) atoms. The lowest BCUT2D eigenvalue weighted by Crippen LogP contribution is -2.50. The van der Waals surface area contributed by atoms with Crippen molar-refractivity contribution in [1.29, 1.82) is 0 Å². The van der Waals surface area contributed by atoms with Gasteiger partial charge in [-0.15, -0.1) is 0 Å². The summed E-state index contributed by atoms with van der Waals surface area (Å²) in [5, 5.41) is 0.759. The van der Waals surface area contributed by atoms with E-state index in [0.717, 1.165) is 47.4 Å². The van der Waals surface area contributed by atoms with Gasteiger partial charge in [-0.05, 0) is 36.9 Å². The minimum Gasteiger partial charge on any atom is -0.452 e. The molecular weight excluding hydrogens is 447 g/mol. The molecule has 0 aliphatic carbocycles. The maximum absolute atomic E-state index is 13.3. The van der Waals surface area contributed by atoms with Crippen molar-refractivity contribution in [1.82, 2.24) is 14.8 Å². The van der Waals surface area contributed by atoms with Crippen molar-refractivity contribution >= 4 is 28.5 Å². The van der Waals surface area contributed by atoms with Gasteiger partial charge >= 0.3 is 5.97 Å². The Morgan fingerprint density at radius 1 is 1.00 bits per heavy atom. The van der Waals surface area contributed by atoms with Gasteiger partial charge in [-0.2, -0.15) is 0 Å². The van der Waals surface area contributed by atoms with Crippen molar-refractivity contribution in [2.24, 2.45) is 0 Å². The Kier molecular flexibility index (Phi) is 6.63. The first-order valence-corrected chi connectivity index (χ1v) is 12.1. The molecular formula is C27H29FN4O3. The Bertz CT molecular complexity index is 1240. The van der Waals surface area contributed by atoms with Crippen LogP contribution in [0.15, 0.2) is 48.5 Å².